The van der Waals surface area contributed by atoms with Crippen molar-refractivity contribution in [3.8, 4) is 0 Å². The number of ether oxygens (including phenoxy) is 1. The van der Waals surface area contributed by atoms with Gasteiger partial charge in [-0.1, -0.05) is 17.7 Å². The summed E-state index contributed by atoms with van der Waals surface area (Å²) in [5, 5.41) is 3.61. The van der Waals surface area contributed by atoms with E-state index < -0.39 is 6.10 Å². The average Bonchev–Trinajstić information content (AvgIpc) is 2.35. The molecule has 1 aromatic carbocycles. The number of hydrogen-bond donors (Lipinski definition) is 1. The van der Waals surface area contributed by atoms with E-state index in [-0.39, 0.29) is 5.91 Å². The molecule has 98 valence electrons. The molecule has 1 saturated heterocycles. The highest BCUT2D eigenvalue weighted by molar-refractivity contribution is 6.31. The van der Waals surface area contributed by atoms with Crippen LogP contribution in [0.1, 0.15) is 5.56 Å². The van der Waals surface area contributed by atoms with Crippen LogP contribution in [0, 0.1) is 6.92 Å². The summed E-state index contributed by atoms with van der Waals surface area (Å²) in [6, 6.07) is 5.58. The SMILES string of the molecule is CNCC1OCCN(c2cc(Cl)ccc2C)C1=O. The van der Waals surface area contributed by atoms with Crippen LogP contribution in [0.4, 0.5) is 5.69 Å². The molecule has 1 aliphatic rings. The van der Waals surface area contributed by atoms with Crippen LogP contribution in [0.5, 0.6) is 0 Å². The Morgan fingerprint density at radius 3 is 3.06 bits per heavy atom. The highest BCUT2D eigenvalue weighted by Gasteiger charge is 2.30. The second-order valence-electron chi connectivity index (χ2n) is 4.34. The van der Waals surface area contributed by atoms with Crippen LogP contribution in [-0.2, 0) is 9.53 Å². The number of halogens is 1. The summed E-state index contributed by atoms with van der Waals surface area (Å²) in [7, 11) is 1.81. The summed E-state index contributed by atoms with van der Waals surface area (Å²) in [5.41, 5.74) is 1.91. The maximum absolute atomic E-state index is 12.3. The molecule has 1 aliphatic heterocycles. The van der Waals surface area contributed by atoms with Gasteiger partial charge in [-0.2, -0.15) is 0 Å². The van der Waals surface area contributed by atoms with Crippen molar-refractivity contribution in [3.63, 3.8) is 0 Å². The van der Waals surface area contributed by atoms with E-state index in [9.17, 15) is 4.79 Å². The fourth-order valence-electron chi connectivity index (χ4n) is 2.09. The Balaban J connectivity index is 2.26. The van der Waals surface area contributed by atoms with E-state index in [1.54, 1.807) is 11.9 Å². The Hall–Kier alpha value is -1.10. The molecule has 1 aromatic rings. The van der Waals surface area contributed by atoms with Crippen LogP contribution in [0.15, 0.2) is 18.2 Å². The number of nitrogens with one attached hydrogen (secondary N) is 1. The van der Waals surface area contributed by atoms with Crippen LogP contribution in [0.25, 0.3) is 0 Å². The molecule has 4 nitrogen and oxygen atoms in total. The number of morpholine rings is 1. The molecule has 18 heavy (non-hydrogen) atoms. The number of carbonyl (C=O) groups is 1. The van der Waals surface area contributed by atoms with Gasteiger partial charge in [0.05, 0.1) is 6.61 Å². The summed E-state index contributed by atoms with van der Waals surface area (Å²) in [5.74, 6) is -0.0130. The highest BCUT2D eigenvalue weighted by Crippen LogP contribution is 2.26. The molecule has 1 N–H and O–H groups in total. The molecule has 1 atom stereocenters. The zero-order chi connectivity index (χ0) is 13.1. The van der Waals surface area contributed by atoms with Gasteiger partial charge in [0, 0.05) is 23.8 Å². The maximum atomic E-state index is 12.3. The minimum Gasteiger partial charge on any atom is -0.365 e. The van der Waals surface area contributed by atoms with Crippen molar-refractivity contribution in [2.24, 2.45) is 0 Å². The number of hydrogen-bond acceptors (Lipinski definition) is 3. The Morgan fingerprint density at radius 1 is 1.56 bits per heavy atom. The first-order chi connectivity index (χ1) is 8.63. The zero-order valence-corrected chi connectivity index (χ0v) is 11.3. The van der Waals surface area contributed by atoms with E-state index >= 15 is 0 Å². The molecule has 0 spiro atoms. The number of aryl methyl sites for hydroxylation is 1. The quantitative estimate of drug-likeness (QED) is 0.905. The normalized spacial score (nSPS) is 20.3. The molecule has 0 aliphatic carbocycles. The van der Waals surface area contributed by atoms with Crippen molar-refractivity contribution in [3.05, 3.63) is 28.8 Å². The second-order valence-corrected chi connectivity index (χ2v) is 4.77. The third-order valence-electron chi connectivity index (χ3n) is 3.03. The summed E-state index contributed by atoms with van der Waals surface area (Å²) < 4.78 is 5.47. The van der Waals surface area contributed by atoms with E-state index in [0.717, 1.165) is 11.3 Å². The number of rotatable bonds is 3. The number of nitrogens with zero attached hydrogens (tertiary/aromatic N) is 1. The maximum Gasteiger partial charge on any atom is 0.257 e. The molecular formula is C13H17ClN2O2. The standard InChI is InChI=1S/C13H17ClN2O2/c1-9-3-4-10(14)7-11(9)16-5-6-18-12(8-15-2)13(16)17/h3-4,7,12,15H,5-6,8H2,1-2H3. The van der Waals surface area contributed by atoms with Crippen LogP contribution in [0.2, 0.25) is 5.02 Å². The van der Waals surface area contributed by atoms with Crippen molar-refractivity contribution in [1.82, 2.24) is 5.32 Å². The third kappa shape index (κ3) is 2.66. The lowest BCUT2D eigenvalue weighted by Crippen LogP contribution is -2.51. The highest BCUT2D eigenvalue weighted by atomic mass is 35.5. The molecule has 0 bridgehead atoms. The van der Waals surface area contributed by atoms with Crippen molar-refractivity contribution in [2.75, 3.05) is 31.6 Å². The number of carbonyl (C=O) groups excluding carboxylic acids is 1. The number of anilines is 1. The van der Waals surface area contributed by atoms with Gasteiger partial charge in [-0.05, 0) is 31.7 Å². The van der Waals surface area contributed by atoms with Crippen LogP contribution < -0.4 is 10.2 Å². The largest absolute Gasteiger partial charge is 0.365 e. The molecule has 1 fully saturated rings. The first-order valence-corrected chi connectivity index (χ1v) is 6.35. The van der Waals surface area contributed by atoms with E-state index in [1.807, 2.05) is 25.1 Å². The van der Waals surface area contributed by atoms with Crippen molar-refractivity contribution in [1.29, 1.82) is 0 Å². The van der Waals surface area contributed by atoms with Gasteiger partial charge in [-0.3, -0.25) is 4.79 Å². The fraction of sp³-hybridized carbons (Fsp3) is 0.462. The van der Waals surface area contributed by atoms with Gasteiger partial charge in [0.1, 0.15) is 6.10 Å². The van der Waals surface area contributed by atoms with Gasteiger partial charge in [0.25, 0.3) is 5.91 Å². The third-order valence-corrected chi connectivity index (χ3v) is 3.26. The zero-order valence-electron chi connectivity index (χ0n) is 10.6. The van der Waals surface area contributed by atoms with E-state index in [1.165, 1.54) is 0 Å². The van der Waals surface area contributed by atoms with E-state index in [2.05, 4.69) is 5.32 Å². The Bertz CT molecular complexity index is 449. The number of benzene rings is 1. The molecule has 1 unspecified atom stereocenters. The summed E-state index contributed by atoms with van der Waals surface area (Å²) in [4.78, 5) is 14.1. The van der Waals surface area contributed by atoms with Crippen LogP contribution >= 0.6 is 11.6 Å². The van der Waals surface area contributed by atoms with E-state index in [4.69, 9.17) is 16.3 Å². The minimum atomic E-state index is -0.415. The van der Waals surface area contributed by atoms with Crippen molar-refractivity contribution < 1.29 is 9.53 Å². The number of amides is 1. The predicted molar refractivity (Wildman–Crippen MR) is 72.2 cm³/mol. The molecule has 2 rings (SSSR count). The number of likely N-dealkylation sites (N-methyl/N-ethyl adjacent to an activating group) is 1. The molecule has 0 saturated carbocycles. The molecule has 1 amide bonds. The summed E-state index contributed by atoms with van der Waals surface area (Å²) in [6.45, 7) is 3.61. The van der Waals surface area contributed by atoms with Gasteiger partial charge in [-0.15, -0.1) is 0 Å². The lowest BCUT2D eigenvalue weighted by Gasteiger charge is -2.33. The van der Waals surface area contributed by atoms with Gasteiger partial charge in [-0.25, -0.2) is 0 Å². The van der Waals surface area contributed by atoms with E-state index in [0.29, 0.717) is 24.7 Å². The monoisotopic (exact) mass is 268 g/mol. The summed E-state index contributed by atoms with van der Waals surface area (Å²) >= 11 is 6.00. The molecule has 5 heteroatoms. The Labute approximate surface area is 112 Å². The van der Waals surface area contributed by atoms with Gasteiger partial charge < -0.3 is 15.0 Å². The topological polar surface area (TPSA) is 41.6 Å². The van der Waals surface area contributed by atoms with Crippen LogP contribution in [0.3, 0.4) is 0 Å². The minimum absolute atomic E-state index is 0.0130. The summed E-state index contributed by atoms with van der Waals surface area (Å²) in [6.07, 6.45) is -0.415. The molecular weight excluding hydrogens is 252 g/mol. The van der Waals surface area contributed by atoms with Crippen molar-refractivity contribution >= 4 is 23.2 Å². The van der Waals surface area contributed by atoms with Gasteiger partial charge in [0.2, 0.25) is 0 Å². The lowest BCUT2D eigenvalue weighted by atomic mass is 10.1. The van der Waals surface area contributed by atoms with Gasteiger partial charge in [0.15, 0.2) is 0 Å². The Kier molecular flexibility index (Phi) is 4.22. The molecule has 1 heterocycles. The van der Waals surface area contributed by atoms with Crippen LogP contribution in [-0.4, -0.2) is 38.8 Å². The first kappa shape index (κ1) is 13.3. The molecule has 0 radical (unpaired) electrons. The lowest BCUT2D eigenvalue weighted by molar-refractivity contribution is -0.133. The Morgan fingerprint density at radius 2 is 2.33 bits per heavy atom. The average molecular weight is 269 g/mol. The fourth-order valence-corrected chi connectivity index (χ4v) is 2.25. The first-order valence-electron chi connectivity index (χ1n) is 5.97. The smallest absolute Gasteiger partial charge is 0.257 e. The second kappa shape index (κ2) is 5.69. The van der Waals surface area contributed by atoms with Crippen molar-refractivity contribution in [2.45, 2.75) is 13.0 Å². The van der Waals surface area contributed by atoms with Gasteiger partial charge >= 0.3 is 0 Å². The predicted octanol–water partition coefficient (Wildman–Crippen LogP) is 1.60. The molecule has 0 aromatic heterocycles.